The molecule has 1 aromatic rings. The van der Waals surface area contributed by atoms with Gasteiger partial charge in [-0.3, -0.25) is 0 Å². The van der Waals surface area contributed by atoms with E-state index in [-0.39, 0.29) is 10.6 Å². The Labute approximate surface area is 100 Å². The number of nitrogens with zero attached hydrogens (tertiary/aromatic N) is 1. The zero-order valence-electron chi connectivity index (χ0n) is 9.28. The molecule has 2 N–H and O–H groups in total. The number of aliphatic hydroxyl groups is 1. The minimum absolute atomic E-state index is 0.0666. The Morgan fingerprint density at radius 1 is 1.24 bits per heavy atom. The van der Waals surface area contributed by atoms with Crippen molar-refractivity contribution in [3.05, 3.63) is 24.3 Å². The van der Waals surface area contributed by atoms with Gasteiger partial charge in [-0.25, -0.2) is 8.42 Å². The Kier molecular flexibility index (Phi) is 3.37. The summed E-state index contributed by atoms with van der Waals surface area (Å²) in [5.41, 5.74) is 0. The lowest BCUT2D eigenvalue weighted by molar-refractivity contribution is 0.113. The Morgan fingerprint density at radius 2 is 1.88 bits per heavy atom. The normalized spacial score (nSPS) is 19.4. The van der Waals surface area contributed by atoms with Crippen LogP contribution in [-0.2, 0) is 10.0 Å². The van der Waals surface area contributed by atoms with Crippen molar-refractivity contribution in [2.45, 2.75) is 23.8 Å². The molecule has 1 aliphatic heterocycles. The van der Waals surface area contributed by atoms with Crippen molar-refractivity contribution in [3.8, 4) is 5.75 Å². The highest BCUT2D eigenvalue weighted by Gasteiger charge is 2.28. The maximum atomic E-state index is 12.2. The van der Waals surface area contributed by atoms with Crippen LogP contribution in [0.1, 0.15) is 12.8 Å². The summed E-state index contributed by atoms with van der Waals surface area (Å²) in [5, 5.41) is 18.6. The van der Waals surface area contributed by atoms with Gasteiger partial charge < -0.3 is 10.2 Å². The molecule has 0 bridgehead atoms. The first-order valence-electron chi connectivity index (χ1n) is 5.47. The molecule has 17 heavy (non-hydrogen) atoms. The number of sulfonamides is 1. The number of phenols is 1. The first-order valence-corrected chi connectivity index (χ1v) is 6.91. The highest BCUT2D eigenvalue weighted by atomic mass is 32.2. The third-order valence-corrected chi connectivity index (χ3v) is 4.77. The minimum atomic E-state index is -3.55. The van der Waals surface area contributed by atoms with Gasteiger partial charge in [0, 0.05) is 13.1 Å². The van der Waals surface area contributed by atoms with E-state index in [9.17, 15) is 18.6 Å². The molecule has 94 valence electrons. The Hall–Kier alpha value is -1.11. The molecule has 1 aliphatic rings. The van der Waals surface area contributed by atoms with E-state index >= 15 is 0 Å². The fourth-order valence-electron chi connectivity index (χ4n) is 1.88. The summed E-state index contributed by atoms with van der Waals surface area (Å²) in [5.74, 6) is -0.0666. The largest absolute Gasteiger partial charge is 0.508 e. The van der Waals surface area contributed by atoms with Gasteiger partial charge in [0.2, 0.25) is 10.0 Å². The summed E-state index contributed by atoms with van der Waals surface area (Å²) >= 11 is 0. The summed E-state index contributed by atoms with van der Waals surface area (Å²) < 4.78 is 25.7. The second-order valence-electron chi connectivity index (χ2n) is 4.13. The molecule has 0 spiro atoms. The van der Waals surface area contributed by atoms with Gasteiger partial charge in [0.25, 0.3) is 0 Å². The van der Waals surface area contributed by atoms with Gasteiger partial charge in [0.1, 0.15) is 5.75 Å². The predicted molar refractivity (Wildman–Crippen MR) is 62.1 cm³/mol. The lowest BCUT2D eigenvalue weighted by atomic mass is 10.1. The Bertz CT molecular complexity index is 492. The lowest BCUT2D eigenvalue weighted by Gasteiger charge is -2.28. The standard InChI is InChI=1S/C11H15NO4S/c13-9-4-6-12(7-5-9)17(15,16)11-3-1-2-10(14)8-11/h1-3,8-9,13-14H,4-7H2. The van der Waals surface area contributed by atoms with Crippen LogP contribution in [0.5, 0.6) is 5.75 Å². The predicted octanol–water partition coefficient (Wildman–Crippen LogP) is 0.538. The number of aromatic hydroxyl groups is 1. The van der Waals surface area contributed by atoms with E-state index in [2.05, 4.69) is 0 Å². The number of benzene rings is 1. The molecule has 0 aromatic heterocycles. The van der Waals surface area contributed by atoms with Gasteiger partial charge in [-0.05, 0) is 31.0 Å². The molecule has 0 saturated carbocycles. The van der Waals surface area contributed by atoms with Crippen molar-refractivity contribution < 1.29 is 18.6 Å². The van der Waals surface area contributed by atoms with Gasteiger partial charge in [-0.1, -0.05) is 6.07 Å². The summed E-state index contributed by atoms with van der Waals surface area (Å²) in [6.07, 6.45) is 0.501. The van der Waals surface area contributed by atoms with E-state index < -0.39 is 16.1 Å². The molecule has 0 amide bonds. The first kappa shape index (κ1) is 12.3. The third kappa shape index (κ3) is 2.59. The van der Waals surface area contributed by atoms with E-state index in [1.807, 2.05) is 0 Å². The first-order chi connectivity index (χ1) is 8.00. The average molecular weight is 257 g/mol. The smallest absolute Gasteiger partial charge is 0.243 e. The van der Waals surface area contributed by atoms with Crippen molar-refractivity contribution in [3.63, 3.8) is 0 Å². The number of rotatable bonds is 2. The Balaban J connectivity index is 2.25. The molecule has 1 saturated heterocycles. The van der Waals surface area contributed by atoms with E-state index in [1.165, 1.54) is 28.6 Å². The molecule has 0 unspecified atom stereocenters. The van der Waals surface area contributed by atoms with Crippen LogP contribution in [-0.4, -0.2) is 42.1 Å². The molecule has 6 heteroatoms. The fourth-order valence-corrected chi connectivity index (χ4v) is 3.39. The van der Waals surface area contributed by atoms with Gasteiger partial charge in [0.15, 0.2) is 0 Å². The molecule has 1 aromatic carbocycles. The number of hydrogen-bond donors (Lipinski definition) is 2. The second kappa shape index (κ2) is 4.64. The van der Waals surface area contributed by atoms with Crippen LogP contribution in [0.2, 0.25) is 0 Å². The van der Waals surface area contributed by atoms with Crippen molar-refractivity contribution in [2.75, 3.05) is 13.1 Å². The van der Waals surface area contributed by atoms with Crippen molar-refractivity contribution >= 4 is 10.0 Å². The molecular weight excluding hydrogens is 242 g/mol. The fraction of sp³-hybridized carbons (Fsp3) is 0.455. The lowest BCUT2D eigenvalue weighted by Crippen LogP contribution is -2.39. The van der Waals surface area contributed by atoms with Crippen molar-refractivity contribution in [2.24, 2.45) is 0 Å². The highest BCUT2D eigenvalue weighted by Crippen LogP contribution is 2.23. The average Bonchev–Trinajstić information content (AvgIpc) is 2.29. The van der Waals surface area contributed by atoms with Crippen LogP contribution >= 0.6 is 0 Å². The third-order valence-electron chi connectivity index (χ3n) is 2.88. The van der Waals surface area contributed by atoms with Crippen LogP contribution in [0.15, 0.2) is 29.2 Å². The van der Waals surface area contributed by atoms with Gasteiger partial charge in [-0.2, -0.15) is 4.31 Å². The maximum Gasteiger partial charge on any atom is 0.243 e. The molecule has 1 fully saturated rings. The van der Waals surface area contributed by atoms with Gasteiger partial charge >= 0.3 is 0 Å². The molecular formula is C11H15NO4S. The Morgan fingerprint density at radius 3 is 2.47 bits per heavy atom. The van der Waals surface area contributed by atoms with Gasteiger partial charge in [-0.15, -0.1) is 0 Å². The SMILES string of the molecule is O=S(=O)(c1cccc(O)c1)N1CCC(O)CC1. The second-order valence-corrected chi connectivity index (χ2v) is 6.07. The quantitative estimate of drug-likeness (QED) is 0.810. The topological polar surface area (TPSA) is 77.8 Å². The number of phenolic OH excluding ortho intramolecular Hbond substituents is 1. The maximum absolute atomic E-state index is 12.2. The zero-order chi connectivity index (χ0) is 12.5. The van der Waals surface area contributed by atoms with E-state index in [0.29, 0.717) is 25.9 Å². The molecule has 1 heterocycles. The summed E-state index contributed by atoms with van der Waals surface area (Å²) in [4.78, 5) is 0.0916. The van der Waals surface area contributed by atoms with Gasteiger partial charge in [0.05, 0.1) is 11.0 Å². The van der Waals surface area contributed by atoms with E-state index in [0.717, 1.165) is 0 Å². The summed E-state index contributed by atoms with van der Waals surface area (Å²) in [6, 6.07) is 5.63. The number of piperidine rings is 1. The van der Waals surface area contributed by atoms with Crippen LogP contribution < -0.4 is 0 Å². The monoisotopic (exact) mass is 257 g/mol. The van der Waals surface area contributed by atoms with Crippen LogP contribution in [0.25, 0.3) is 0 Å². The van der Waals surface area contributed by atoms with E-state index in [4.69, 9.17) is 0 Å². The minimum Gasteiger partial charge on any atom is -0.508 e. The van der Waals surface area contributed by atoms with Crippen LogP contribution in [0.3, 0.4) is 0 Å². The summed E-state index contributed by atoms with van der Waals surface area (Å²) in [7, 11) is -3.55. The molecule has 0 radical (unpaired) electrons. The van der Waals surface area contributed by atoms with Crippen LogP contribution in [0.4, 0.5) is 0 Å². The summed E-state index contributed by atoms with van der Waals surface area (Å²) in [6.45, 7) is 0.637. The number of hydrogen-bond acceptors (Lipinski definition) is 4. The molecule has 0 atom stereocenters. The zero-order valence-corrected chi connectivity index (χ0v) is 10.1. The van der Waals surface area contributed by atoms with Crippen molar-refractivity contribution in [1.82, 2.24) is 4.31 Å². The van der Waals surface area contributed by atoms with E-state index in [1.54, 1.807) is 0 Å². The molecule has 5 nitrogen and oxygen atoms in total. The number of aliphatic hydroxyl groups excluding tert-OH is 1. The van der Waals surface area contributed by atoms with Crippen LogP contribution in [0, 0.1) is 0 Å². The van der Waals surface area contributed by atoms with Crippen molar-refractivity contribution in [1.29, 1.82) is 0 Å². The molecule has 2 rings (SSSR count). The molecule has 0 aliphatic carbocycles. The highest BCUT2D eigenvalue weighted by molar-refractivity contribution is 7.89.